The fraction of sp³-hybridized carbons (Fsp3) is 0.700. The number of ether oxygens (including phenoxy) is 1. The molecule has 1 rings (SSSR count). The van der Waals surface area contributed by atoms with Gasteiger partial charge in [0.15, 0.2) is 0 Å². The summed E-state index contributed by atoms with van der Waals surface area (Å²) >= 11 is 1.99. The van der Waals surface area contributed by atoms with Gasteiger partial charge >= 0.3 is 0 Å². The number of aliphatic hydroxyl groups excluding tert-OH is 5. The summed E-state index contributed by atoms with van der Waals surface area (Å²) in [6.07, 6.45) is -3.42. The third kappa shape index (κ3) is 11.0. The standard InChI is InChI=1S/C20H33IO7/c21-12-19(26)9-18(25)11-20(27,14-22)10-17(24)8-16(23)6-7-28-13-15-4-2-1-3-5-15/h1-5,16-19,22-27H,6-14H2/t16-,17+,18-,19-,20?/m1/s1. The van der Waals surface area contributed by atoms with Crippen LogP contribution in [0, 0.1) is 0 Å². The van der Waals surface area contributed by atoms with Gasteiger partial charge in [-0.05, 0) is 18.4 Å². The molecule has 8 heteroatoms. The molecule has 0 radical (unpaired) electrons. The molecule has 0 aromatic heterocycles. The maximum atomic E-state index is 10.4. The number of rotatable bonds is 15. The third-order valence-electron chi connectivity index (χ3n) is 4.50. The fourth-order valence-electron chi connectivity index (χ4n) is 3.05. The molecule has 6 N–H and O–H groups in total. The first-order valence-corrected chi connectivity index (χ1v) is 11.0. The van der Waals surface area contributed by atoms with Crippen molar-refractivity contribution < 1.29 is 35.4 Å². The molecule has 0 aliphatic carbocycles. The molecule has 0 aliphatic heterocycles. The van der Waals surface area contributed by atoms with E-state index in [1.54, 1.807) is 0 Å². The minimum absolute atomic E-state index is 0.0312. The first-order chi connectivity index (χ1) is 13.3. The summed E-state index contributed by atoms with van der Waals surface area (Å²) in [6, 6.07) is 9.66. The Balaban J connectivity index is 2.31. The molecule has 0 saturated heterocycles. The smallest absolute Gasteiger partial charge is 0.0926 e. The number of aliphatic hydroxyl groups is 6. The van der Waals surface area contributed by atoms with Gasteiger partial charge in [0.1, 0.15) is 0 Å². The van der Waals surface area contributed by atoms with Crippen LogP contribution in [0.15, 0.2) is 30.3 Å². The van der Waals surface area contributed by atoms with Crippen molar-refractivity contribution in [1.29, 1.82) is 0 Å². The Bertz CT molecular complexity index is 519. The van der Waals surface area contributed by atoms with Crippen LogP contribution in [0.4, 0.5) is 0 Å². The molecule has 0 heterocycles. The highest BCUT2D eigenvalue weighted by Gasteiger charge is 2.33. The number of benzene rings is 1. The molecule has 0 amide bonds. The van der Waals surface area contributed by atoms with Crippen molar-refractivity contribution in [1.82, 2.24) is 0 Å². The minimum atomic E-state index is -1.67. The quantitative estimate of drug-likeness (QED) is 0.116. The van der Waals surface area contributed by atoms with Gasteiger partial charge in [-0.3, -0.25) is 0 Å². The first kappa shape index (κ1) is 25.7. The second-order valence-electron chi connectivity index (χ2n) is 7.36. The summed E-state index contributed by atoms with van der Waals surface area (Å²) in [7, 11) is 0. The Kier molecular flexibility index (Phi) is 12.7. The van der Waals surface area contributed by atoms with Crippen LogP contribution in [0.3, 0.4) is 0 Å². The van der Waals surface area contributed by atoms with Crippen molar-refractivity contribution in [2.75, 3.05) is 17.6 Å². The predicted octanol–water partition coefficient (Wildman–Crippen LogP) is 0.756. The van der Waals surface area contributed by atoms with Gasteiger partial charge in [-0.15, -0.1) is 0 Å². The lowest BCUT2D eigenvalue weighted by Crippen LogP contribution is -2.42. The topological polar surface area (TPSA) is 131 Å². The van der Waals surface area contributed by atoms with Crippen LogP contribution in [0.2, 0.25) is 0 Å². The van der Waals surface area contributed by atoms with Crippen LogP contribution in [0.1, 0.15) is 37.7 Å². The summed E-state index contributed by atoms with van der Waals surface area (Å²) in [4.78, 5) is 0. The normalized spacial score (nSPS) is 18.2. The monoisotopic (exact) mass is 512 g/mol. The van der Waals surface area contributed by atoms with E-state index in [1.807, 2.05) is 52.9 Å². The van der Waals surface area contributed by atoms with Gasteiger partial charge < -0.3 is 35.4 Å². The van der Waals surface area contributed by atoms with Gasteiger partial charge in [-0.25, -0.2) is 0 Å². The summed E-state index contributed by atoms with van der Waals surface area (Å²) < 4.78 is 5.96. The summed E-state index contributed by atoms with van der Waals surface area (Å²) in [5.74, 6) is 0. The van der Waals surface area contributed by atoms with Crippen molar-refractivity contribution in [2.45, 2.75) is 68.7 Å². The summed E-state index contributed by atoms with van der Waals surface area (Å²) in [6.45, 7) is 0.152. The molecule has 1 aromatic carbocycles. The van der Waals surface area contributed by atoms with Crippen molar-refractivity contribution in [3.8, 4) is 0 Å². The van der Waals surface area contributed by atoms with Gasteiger partial charge in [0, 0.05) is 30.3 Å². The lowest BCUT2D eigenvalue weighted by molar-refractivity contribution is -0.0870. The maximum Gasteiger partial charge on any atom is 0.0926 e. The van der Waals surface area contributed by atoms with E-state index in [1.165, 1.54) is 0 Å². The third-order valence-corrected chi connectivity index (χ3v) is 5.52. The van der Waals surface area contributed by atoms with E-state index in [0.29, 0.717) is 24.1 Å². The highest BCUT2D eigenvalue weighted by atomic mass is 127. The molecule has 1 aromatic rings. The Morgan fingerprint density at radius 3 is 2.00 bits per heavy atom. The van der Waals surface area contributed by atoms with Crippen LogP contribution in [-0.2, 0) is 11.3 Å². The van der Waals surface area contributed by atoms with Gasteiger partial charge in [0.2, 0.25) is 0 Å². The maximum absolute atomic E-state index is 10.4. The van der Waals surface area contributed by atoms with Gasteiger partial charge in [-0.1, -0.05) is 52.9 Å². The van der Waals surface area contributed by atoms with E-state index < -0.39 is 36.6 Å². The number of hydrogen-bond acceptors (Lipinski definition) is 7. The highest BCUT2D eigenvalue weighted by molar-refractivity contribution is 14.1. The largest absolute Gasteiger partial charge is 0.393 e. The lowest BCUT2D eigenvalue weighted by Gasteiger charge is -2.31. The van der Waals surface area contributed by atoms with Crippen molar-refractivity contribution in [3.05, 3.63) is 35.9 Å². The second-order valence-corrected chi connectivity index (χ2v) is 8.24. The average Bonchev–Trinajstić information content (AvgIpc) is 2.65. The lowest BCUT2D eigenvalue weighted by atomic mass is 9.87. The van der Waals surface area contributed by atoms with Crippen LogP contribution in [-0.4, -0.2) is 78.3 Å². The van der Waals surface area contributed by atoms with E-state index in [2.05, 4.69) is 0 Å². The molecule has 5 atom stereocenters. The van der Waals surface area contributed by atoms with E-state index >= 15 is 0 Å². The second kappa shape index (κ2) is 13.8. The van der Waals surface area contributed by atoms with Gasteiger partial charge in [-0.2, -0.15) is 0 Å². The molecule has 0 saturated carbocycles. The predicted molar refractivity (Wildman–Crippen MR) is 114 cm³/mol. The average molecular weight is 512 g/mol. The van der Waals surface area contributed by atoms with E-state index in [9.17, 15) is 30.6 Å². The summed E-state index contributed by atoms with van der Waals surface area (Å²) in [5.41, 5.74) is -0.635. The van der Waals surface area contributed by atoms with Crippen molar-refractivity contribution in [3.63, 3.8) is 0 Å². The zero-order valence-electron chi connectivity index (χ0n) is 16.0. The number of hydrogen-bond donors (Lipinski definition) is 6. The minimum Gasteiger partial charge on any atom is -0.393 e. The van der Waals surface area contributed by atoms with E-state index in [-0.39, 0.29) is 25.7 Å². The Morgan fingerprint density at radius 2 is 1.46 bits per heavy atom. The Morgan fingerprint density at radius 1 is 0.893 bits per heavy atom. The number of halogens is 1. The fourth-order valence-corrected chi connectivity index (χ4v) is 3.41. The zero-order valence-corrected chi connectivity index (χ0v) is 18.2. The molecular formula is C20H33IO7. The Labute approximate surface area is 180 Å². The molecule has 162 valence electrons. The van der Waals surface area contributed by atoms with Gasteiger partial charge in [0.05, 0.1) is 43.2 Å². The van der Waals surface area contributed by atoms with E-state index in [0.717, 1.165) is 5.56 Å². The zero-order chi connectivity index (χ0) is 21.0. The molecule has 0 bridgehead atoms. The number of alkyl halides is 1. The van der Waals surface area contributed by atoms with E-state index in [4.69, 9.17) is 4.74 Å². The van der Waals surface area contributed by atoms with Crippen LogP contribution >= 0.6 is 22.6 Å². The molecule has 0 spiro atoms. The molecule has 0 aliphatic rings. The Hall–Kier alpha value is -0.330. The summed E-state index contributed by atoms with van der Waals surface area (Å²) in [5, 5.41) is 59.7. The molecule has 28 heavy (non-hydrogen) atoms. The molecular weight excluding hydrogens is 479 g/mol. The van der Waals surface area contributed by atoms with Crippen molar-refractivity contribution in [2.24, 2.45) is 0 Å². The SMILES string of the molecule is OCC(O)(C[C@H](O)C[C@@H](O)CI)C[C@@H](O)C[C@H](O)CCOCc1ccccc1. The highest BCUT2D eigenvalue weighted by Crippen LogP contribution is 2.23. The molecule has 1 unspecified atom stereocenters. The van der Waals surface area contributed by atoms with Crippen molar-refractivity contribution >= 4 is 22.6 Å². The van der Waals surface area contributed by atoms with Crippen LogP contribution < -0.4 is 0 Å². The molecule has 0 fully saturated rings. The first-order valence-electron chi connectivity index (χ1n) is 9.51. The van der Waals surface area contributed by atoms with Crippen LogP contribution in [0.25, 0.3) is 0 Å². The molecule has 7 nitrogen and oxygen atoms in total. The van der Waals surface area contributed by atoms with Crippen LogP contribution in [0.5, 0.6) is 0 Å². The van der Waals surface area contributed by atoms with Gasteiger partial charge in [0.25, 0.3) is 0 Å².